The van der Waals surface area contributed by atoms with Crippen molar-refractivity contribution in [3.8, 4) is 11.6 Å². The average Bonchev–Trinajstić information content (AvgIpc) is 2.84. The largest absolute Gasteiger partial charge is 0.469 e. The summed E-state index contributed by atoms with van der Waals surface area (Å²) in [7, 11) is -4.50. The number of rotatable bonds is 4. The number of nitrogens with zero attached hydrogens (tertiary/aromatic N) is 2. The molecule has 0 aliphatic carbocycles. The van der Waals surface area contributed by atoms with Crippen molar-refractivity contribution in [2.75, 3.05) is 0 Å². The Hall–Kier alpha value is -1.47. The molecule has 0 amide bonds. The molecular weight excluding hydrogens is 239 g/mol. The first-order chi connectivity index (χ1) is 7.54. The molecule has 0 saturated heterocycles. The summed E-state index contributed by atoms with van der Waals surface area (Å²) >= 11 is 0. The van der Waals surface area contributed by atoms with E-state index in [0.29, 0.717) is 5.69 Å². The fourth-order valence-corrected chi connectivity index (χ4v) is 1.26. The average molecular weight is 246 g/mol. The lowest BCUT2D eigenvalue weighted by Gasteiger charge is -2.00. The summed E-state index contributed by atoms with van der Waals surface area (Å²) in [4.78, 5) is 20.8. The van der Waals surface area contributed by atoms with E-state index in [9.17, 15) is 4.57 Å². The predicted octanol–water partition coefficient (Wildman–Crippen LogP) is 0.939. The van der Waals surface area contributed by atoms with Gasteiger partial charge in [0.25, 0.3) is 0 Å². The molecule has 0 atom stereocenters. The van der Waals surface area contributed by atoms with Crippen molar-refractivity contribution in [2.45, 2.75) is 6.61 Å². The van der Waals surface area contributed by atoms with Crippen molar-refractivity contribution < 1.29 is 27.8 Å². The summed E-state index contributed by atoms with van der Waals surface area (Å²) in [5.74, 6) is 0.193. The first-order valence-electron chi connectivity index (χ1n) is 4.10. The van der Waals surface area contributed by atoms with Gasteiger partial charge in [-0.3, -0.25) is 4.52 Å². The summed E-state index contributed by atoms with van der Waals surface area (Å²) in [5.41, 5.74) is 0.642. The van der Waals surface area contributed by atoms with Crippen LogP contribution in [-0.4, -0.2) is 19.9 Å². The van der Waals surface area contributed by atoms with Gasteiger partial charge in [0.15, 0.2) is 5.69 Å². The molecule has 0 fully saturated rings. The minimum atomic E-state index is -4.50. The van der Waals surface area contributed by atoms with Gasteiger partial charge in [-0.15, -0.1) is 0 Å². The van der Waals surface area contributed by atoms with Crippen molar-refractivity contribution in [1.82, 2.24) is 10.1 Å². The molecule has 0 aliphatic heterocycles. The van der Waals surface area contributed by atoms with Gasteiger partial charge in [-0.2, -0.15) is 0 Å². The number of oxazole rings is 1. The van der Waals surface area contributed by atoms with E-state index in [-0.39, 0.29) is 18.2 Å². The summed E-state index contributed by atoms with van der Waals surface area (Å²) in [6, 6.07) is 1.54. The normalized spacial score (nSPS) is 11.9. The number of phosphoric ester groups is 1. The second-order valence-corrected chi connectivity index (χ2v) is 4.03. The molecule has 0 unspecified atom stereocenters. The van der Waals surface area contributed by atoms with Crippen molar-refractivity contribution in [3.05, 3.63) is 24.3 Å². The maximum absolute atomic E-state index is 10.4. The van der Waals surface area contributed by atoms with Gasteiger partial charge in [-0.05, 0) is 0 Å². The van der Waals surface area contributed by atoms with Crippen LogP contribution in [0, 0.1) is 0 Å². The van der Waals surface area contributed by atoms with Crippen molar-refractivity contribution in [2.24, 2.45) is 0 Å². The summed E-state index contributed by atoms with van der Waals surface area (Å²) < 4.78 is 24.3. The van der Waals surface area contributed by atoms with E-state index in [0.717, 1.165) is 0 Å². The van der Waals surface area contributed by atoms with E-state index < -0.39 is 7.82 Å². The molecule has 0 radical (unpaired) electrons. The summed E-state index contributed by atoms with van der Waals surface area (Å²) in [6.45, 7) is -0.342. The zero-order chi connectivity index (χ0) is 11.6. The third kappa shape index (κ3) is 2.77. The van der Waals surface area contributed by atoms with Crippen LogP contribution in [-0.2, 0) is 15.7 Å². The quantitative estimate of drug-likeness (QED) is 0.765. The summed E-state index contributed by atoms with van der Waals surface area (Å²) in [6.07, 6.45) is 2.57. The Bertz CT molecular complexity index is 501. The van der Waals surface area contributed by atoms with E-state index in [1.165, 1.54) is 12.5 Å². The molecule has 0 aliphatic rings. The van der Waals surface area contributed by atoms with E-state index >= 15 is 0 Å². The van der Waals surface area contributed by atoms with E-state index in [1.807, 2.05) is 0 Å². The Labute approximate surface area is 89.1 Å². The Morgan fingerprint density at radius 3 is 2.94 bits per heavy atom. The van der Waals surface area contributed by atoms with Gasteiger partial charge in [-0.25, -0.2) is 9.55 Å². The highest BCUT2D eigenvalue weighted by Gasteiger charge is 2.16. The molecule has 2 rings (SSSR count). The van der Waals surface area contributed by atoms with Gasteiger partial charge in [0.1, 0.15) is 24.8 Å². The molecule has 9 heteroatoms. The standard InChI is InChI=1S/C7H7N2O6P/c10-16(11,12)15-4-5-3-13-7(8-5)6-1-2-14-9-6/h1-3H,4H2,(H2,10,11,12). The second-order valence-electron chi connectivity index (χ2n) is 2.79. The molecular formula is C7H7N2O6P. The van der Waals surface area contributed by atoms with Crippen LogP contribution in [0.2, 0.25) is 0 Å². The number of hydrogen-bond acceptors (Lipinski definition) is 6. The van der Waals surface area contributed by atoms with Crippen LogP contribution in [0.25, 0.3) is 11.6 Å². The molecule has 86 valence electrons. The fraction of sp³-hybridized carbons (Fsp3) is 0.143. The predicted molar refractivity (Wildman–Crippen MR) is 48.8 cm³/mol. The van der Waals surface area contributed by atoms with Gasteiger partial charge in [0, 0.05) is 6.07 Å². The topological polar surface area (TPSA) is 119 Å². The van der Waals surface area contributed by atoms with Crippen LogP contribution in [0.15, 0.2) is 27.5 Å². The van der Waals surface area contributed by atoms with Crippen molar-refractivity contribution in [3.63, 3.8) is 0 Å². The minimum absolute atomic E-state index is 0.193. The number of hydrogen-bond donors (Lipinski definition) is 2. The number of aromatic nitrogens is 2. The van der Waals surface area contributed by atoms with Gasteiger partial charge < -0.3 is 18.7 Å². The molecule has 0 spiro atoms. The van der Waals surface area contributed by atoms with Crippen LogP contribution < -0.4 is 0 Å². The molecule has 0 saturated carbocycles. The van der Waals surface area contributed by atoms with Gasteiger partial charge in [0.05, 0.1) is 0 Å². The van der Waals surface area contributed by atoms with Gasteiger partial charge in [-0.1, -0.05) is 5.16 Å². The number of phosphoric acid groups is 1. The van der Waals surface area contributed by atoms with Crippen LogP contribution in [0.5, 0.6) is 0 Å². The van der Waals surface area contributed by atoms with Crippen LogP contribution >= 0.6 is 7.82 Å². The highest BCUT2D eigenvalue weighted by atomic mass is 31.2. The zero-order valence-corrected chi connectivity index (χ0v) is 8.70. The Morgan fingerprint density at radius 1 is 1.50 bits per heavy atom. The lowest BCUT2D eigenvalue weighted by molar-refractivity contribution is 0.187. The van der Waals surface area contributed by atoms with E-state index in [4.69, 9.17) is 14.2 Å². The van der Waals surface area contributed by atoms with Gasteiger partial charge in [0.2, 0.25) is 5.89 Å². The Balaban J connectivity index is 2.06. The van der Waals surface area contributed by atoms with Crippen molar-refractivity contribution >= 4 is 7.82 Å². The third-order valence-corrected chi connectivity index (χ3v) is 2.05. The Kier molecular flexibility index (Phi) is 2.88. The van der Waals surface area contributed by atoms with Crippen LogP contribution in [0.3, 0.4) is 0 Å². The maximum Gasteiger partial charge on any atom is 0.469 e. The maximum atomic E-state index is 10.4. The van der Waals surface area contributed by atoms with E-state index in [2.05, 4.69) is 19.2 Å². The first-order valence-corrected chi connectivity index (χ1v) is 5.63. The fourth-order valence-electron chi connectivity index (χ4n) is 0.964. The minimum Gasteiger partial charge on any atom is -0.443 e. The Morgan fingerprint density at radius 2 is 2.31 bits per heavy atom. The highest BCUT2D eigenvalue weighted by Crippen LogP contribution is 2.36. The first kappa shape index (κ1) is 11.0. The monoisotopic (exact) mass is 246 g/mol. The third-order valence-electron chi connectivity index (χ3n) is 1.59. The summed E-state index contributed by atoms with van der Waals surface area (Å²) in [5, 5.41) is 3.58. The molecule has 16 heavy (non-hydrogen) atoms. The molecule has 0 aromatic carbocycles. The molecule has 2 N–H and O–H groups in total. The molecule has 2 aromatic rings. The lowest BCUT2D eigenvalue weighted by Crippen LogP contribution is -1.91. The highest BCUT2D eigenvalue weighted by molar-refractivity contribution is 7.46. The van der Waals surface area contributed by atoms with Gasteiger partial charge >= 0.3 is 7.82 Å². The van der Waals surface area contributed by atoms with Crippen molar-refractivity contribution in [1.29, 1.82) is 0 Å². The zero-order valence-electron chi connectivity index (χ0n) is 7.81. The van der Waals surface area contributed by atoms with Crippen LogP contribution in [0.1, 0.15) is 5.69 Å². The van der Waals surface area contributed by atoms with E-state index in [1.54, 1.807) is 6.07 Å². The lowest BCUT2D eigenvalue weighted by atomic mass is 10.4. The smallest absolute Gasteiger partial charge is 0.443 e. The molecule has 8 nitrogen and oxygen atoms in total. The van der Waals surface area contributed by atoms with Crippen LogP contribution in [0.4, 0.5) is 0 Å². The molecule has 2 aromatic heterocycles. The SMILES string of the molecule is O=P(O)(O)OCc1coc(-c2ccon2)n1. The second kappa shape index (κ2) is 4.18. The molecule has 0 bridgehead atoms. The molecule has 2 heterocycles.